The number of hydrogen-bond donors (Lipinski definition) is 0. The maximum atomic E-state index is 5.97. The molecule has 0 bridgehead atoms. The molecule has 0 saturated carbocycles. The van der Waals surface area contributed by atoms with Gasteiger partial charge in [-0.3, -0.25) is 4.99 Å². The Morgan fingerprint density at radius 2 is 1.51 bits per heavy atom. The van der Waals surface area contributed by atoms with Gasteiger partial charge < -0.3 is 4.74 Å². The quantitative estimate of drug-likeness (QED) is 0.190. The minimum absolute atomic E-state index is 0.364. The van der Waals surface area contributed by atoms with E-state index in [1.165, 1.54) is 16.7 Å². The van der Waals surface area contributed by atoms with Crippen molar-refractivity contribution in [2.75, 3.05) is 7.11 Å². The fourth-order valence-electron chi connectivity index (χ4n) is 4.52. The summed E-state index contributed by atoms with van der Waals surface area (Å²) in [5.74, 6) is 1.19. The zero-order chi connectivity index (χ0) is 24.8. The molecule has 0 aromatic heterocycles. The van der Waals surface area contributed by atoms with Crippen LogP contribution in [0.15, 0.2) is 103 Å². The molecule has 0 unspecified atom stereocenters. The van der Waals surface area contributed by atoms with Gasteiger partial charge in [-0.25, -0.2) is 0 Å². The lowest BCUT2D eigenvalue weighted by atomic mass is 9.94. The van der Waals surface area contributed by atoms with Gasteiger partial charge in [0.15, 0.2) is 0 Å². The van der Waals surface area contributed by atoms with Gasteiger partial charge in [0.1, 0.15) is 5.75 Å². The van der Waals surface area contributed by atoms with E-state index in [-0.39, 0.29) is 0 Å². The standard InChI is InChI=1S/C33H33NO/c1-6-13-25-18-24(4)32(30(19-25)23(2)3)34-22-29-20-28(26-14-9-7-10-15-26)21-31(33(29)35-5)27-16-11-8-12-17-27/h6-12,14-23H,1,13H2,2-5H3. The highest BCUT2D eigenvalue weighted by atomic mass is 16.5. The molecular weight excluding hydrogens is 426 g/mol. The van der Waals surface area contributed by atoms with Crippen LogP contribution in [0.4, 0.5) is 5.69 Å². The summed E-state index contributed by atoms with van der Waals surface area (Å²) in [4.78, 5) is 5.05. The van der Waals surface area contributed by atoms with E-state index in [0.29, 0.717) is 5.92 Å². The minimum atomic E-state index is 0.364. The fraction of sp³-hybridized carbons (Fsp3) is 0.182. The van der Waals surface area contributed by atoms with Crippen LogP contribution < -0.4 is 4.74 Å². The second-order valence-electron chi connectivity index (χ2n) is 9.13. The number of aliphatic imine (C=N–C) groups is 1. The number of hydrogen-bond acceptors (Lipinski definition) is 2. The van der Waals surface area contributed by atoms with E-state index in [0.717, 1.165) is 45.7 Å². The predicted octanol–water partition coefficient (Wildman–Crippen LogP) is 8.94. The highest BCUT2D eigenvalue weighted by molar-refractivity contribution is 5.93. The van der Waals surface area contributed by atoms with Crippen molar-refractivity contribution in [3.05, 3.63) is 120 Å². The van der Waals surface area contributed by atoms with Gasteiger partial charge in [-0.15, -0.1) is 6.58 Å². The first-order chi connectivity index (χ1) is 17.0. The fourth-order valence-corrected chi connectivity index (χ4v) is 4.52. The average molecular weight is 460 g/mol. The highest BCUT2D eigenvalue weighted by Crippen LogP contribution is 2.38. The van der Waals surface area contributed by atoms with Crippen LogP contribution >= 0.6 is 0 Å². The van der Waals surface area contributed by atoms with Gasteiger partial charge in [-0.2, -0.15) is 0 Å². The molecule has 0 saturated heterocycles. The lowest BCUT2D eigenvalue weighted by Gasteiger charge is -2.16. The van der Waals surface area contributed by atoms with Crippen molar-refractivity contribution in [1.82, 2.24) is 0 Å². The maximum Gasteiger partial charge on any atom is 0.135 e. The Morgan fingerprint density at radius 1 is 0.857 bits per heavy atom. The molecule has 4 aromatic rings. The summed E-state index contributed by atoms with van der Waals surface area (Å²) in [6, 6.07) is 29.7. The van der Waals surface area contributed by atoms with Crippen molar-refractivity contribution in [2.45, 2.75) is 33.1 Å². The second kappa shape index (κ2) is 11.0. The topological polar surface area (TPSA) is 21.6 Å². The lowest BCUT2D eigenvalue weighted by molar-refractivity contribution is 0.416. The normalized spacial score (nSPS) is 11.2. The highest BCUT2D eigenvalue weighted by Gasteiger charge is 2.15. The van der Waals surface area contributed by atoms with E-state index >= 15 is 0 Å². The summed E-state index contributed by atoms with van der Waals surface area (Å²) in [5.41, 5.74) is 10.1. The number of allylic oxidation sites excluding steroid dienone is 1. The molecule has 2 nitrogen and oxygen atoms in total. The Morgan fingerprint density at radius 3 is 2.11 bits per heavy atom. The Bertz CT molecular complexity index is 1330. The van der Waals surface area contributed by atoms with Gasteiger partial charge in [-0.1, -0.05) is 92.7 Å². The summed E-state index contributed by atoms with van der Waals surface area (Å²) in [5, 5.41) is 0. The zero-order valence-corrected chi connectivity index (χ0v) is 21.1. The van der Waals surface area contributed by atoms with Crippen molar-refractivity contribution in [3.63, 3.8) is 0 Å². The predicted molar refractivity (Wildman–Crippen MR) is 150 cm³/mol. The second-order valence-corrected chi connectivity index (χ2v) is 9.13. The van der Waals surface area contributed by atoms with Gasteiger partial charge in [0, 0.05) is 17.3 Å². The molecule has 0 fully saturated rings. The Balaban J connectivity index is 1.89. The summed E-state index contributed by atoms with van der Waals surface area (Å²) >= 11 is 0. The minimum Gasteiger partial charge on any atom is -0.495 e. The summed E-state index contributed by atoms with van der Waals surface area (Å²) in [7, 11) is 1.73. The van der Waals surface area contributed by atoms with Gasteiger partial charge in [0.05, 0.1) is 12.8 Å². The maximum absolute atomic E-state index is 5.97. The Kier molecular flexibility index (Phi) is 7.62. The number of aryl methyl sites for hydroxylation is 1. The molecule has 176 valence electrons. The van der Waals surface area contributed by atoms with E-state index in [1.807, 2.05) is 24.4 Å². The molecule has 0 aliphatic heterocycles. The third-order valence-electron chi connectivity index (χ3n) is 6.24. The first-order valence-electron chi connectivity index (χ1n) is 12.1. The summed E-state index contributed by atoms with van der Waals surface area (Å²) in [6.07, 6.45) is 4.77. The van der Waals surface area contributed by atoms with Gasteiger partial charge >= 0.3 is 0 Å². The van der Waals surface area contributed by atoms with E-state index in [1.54, 1.807) is 7.11 Å². The number of nitrogens with zero attached hydrogens (tertiary/aromatic N) is 1. The van der Waals surface area contributed by atoms with Crippen LogP contribution in [0.1, 0.15) is 42.0 Å². The van der Waals surface area contributed by atoms with Crippen LogP contribution in [0.25, 0.3) is 22.3 Å². The SMILES string of the molecule is C=CCc1cc(C)c(N=Cc2cc(-c3ccccc3)cc(-c3ccccc3)c2OC)c(C(C)C)c1. The van der Waals surface area contributed by atoms with Crippen molar-refractivity contribution in [2.24, 2.45) is 4.99 Å². The van der Waals surface area contributed by atoms with Crippen LogP contribution in [0, 0.1) is 6.92 Å². The van der Waals surface area contributed by atoms with E-state index in [2.05, 4.69) is 100 Å². The Labute approximate surface area is 209 Å². The molecule has 2 heteroatoms. The molecule has 0 radical (unpaired) electrons. The molecule has 4 rings (SSSR count). The van der Waals surface area contributed by atoms with E-state index < -0.39 is 0 Å². The van der Waals surface area contributed by atoms with Crippen molar-refractivity contribution in [3.8, 4) is 28.0 Å². The van der Waals surface area contributed by atoms with Crippen molar-refractivity contribution >= 4 is 11.9 Å². The third kappa shape index (κ3) is 5.44. The van der Waals surface area contributed by atoms with Crippen molar-refractivity contribution in [1.29, 1.82) is 0 Å². The smallest absolute Gasteiger partial charge is 0.135 e. The van der Waals surface area contributed by atoms with Gasteiger partial charge in [-0.05, 0) is 64.8 Å². The molecule has 0 spiro atoms. The summed E-state index contributed by atoms with van der Waals surface area (Å²) < 4.78 is 5.97. The first kappa shape index (κ1) is 24.2. The lowest BCUT2D eigenvalue weighted by Crippen LogP contribution is -1.98. The van der Waals surface area contributed by atoms with E-state index in [4.69, 9.17) is 9.73 Å². The average Bonchev–Trinajstić information content (AvgIpc) is 2.88. The first-order valence-corrected chi connectivity index (χ1v) is 12.1. The molecule has 0 atom stereocenters. The van der Waals surface area contributed by atoms with Crippen LogP contribution in [-0.4, -0.2) is 13.3 Å². The molecular formula is C33H33NO. The van der Waals surface area contributed by atoms with Gasteiger partial charge in [0.2, 0.25) is 0 Å². The molecule has 0 amide bonds. The molecule has 0 heterocycles. The Hall–Kier alpha value is -3.91. The number of methoxy groups -OCH3 is 1. The molecule has 4 aromatic carbocycles. The molecule has 0 N–H and O–H groups in total. The largest absolute Gasteiger partial charge is 0.495 e. The van der Waals surface area contributed by atoms with E-state index in [9.17, 15) is 0 Å². The van der Waals surface area contributed by atoms with Crippen LogP contribution in [0.3, 0.4) is 0 Å². The number of ether oxygens (including phenoxy) is 1. The number of rotatable bonds is 8. The summed E-state index contributed by atoms with van der Waals surface area (Å²) in [6.45, 7) is 10.5. The zero-order valence-electron chi connectivity index (χ0n) is 21.1. The monoisotopic (exact) mass is 459 g/mol. The van der Waals surface area contributed by atoms with Crippen LogP contribution in [0.5, 0.6) is 5.75 Å². The third-order valence-corrected chi connectivity index (χ3v) is 6.24. The van der Waals surface area contributed by atoms with Crippen molar-refractivity contribution < 1.29 is 4.74 Å². The molecule has 0 aliphatic carbocycles. The van der Waals surface area contributed by atoms with Crippen LogP contribution in [-0.2, 0) is 6.42 Å². The number of benzene rings is 4. The molecule has 0 aliphatic rings. The molecule has 35 heavy (non-hydrogen) atoms. The van der Waals surface area contributed by atoms with Gasteiger partial charge in [0.25, 0.3) is 0 Å². The van der Waals surface area contributed by atoms with Crippen LogP contribution in [0.2, 0.25) is 0 Å².